The monoisotopic (exact) mass is 181 g/mol. The van der Waals surface area contributed by atoms with Crippen molar-refractivity contribution >= 4 is 21.2 Å². The van der Waals surface area contributed by atoms with Gasteiger partial charge in [0.15, 0.2) is 0 Å². The van der Waals surface area contributed by atoms with E-state index in [0.717, 1.165) is 0 Å². The topological polar surface area (TPSA) is 0 Å². The third-order valence-electron chi connectivity index (χ3n) is 0. The predicted molar refractivity (Wildman–Crippen MR) is 15.2 cm³/mol. The second-order valence-corrected chi connectivity index (χ2v) is 2.06. The number of hydrogen-bond acceptors (Lipinski definition) is 2. The van der Waals surface area contributed by atoms with Gasteiger partial charge in [0.2, 0.25) is 0 Å². The minimum absolute atomic E-state index is 0. The molecule has 0 radical (unpaired) electrons. The van der Waals surface area contributed by atoms with Gasteiger partial charge in [0.05, 0.1) is 0 Å². The van der Waals surface area contributed by atoms with Crippen LogP contribution in [0.1, 0.15) is 0 Å². The van der Waals surface area contributed by atoms with Gasteiger partial charge in [-0.05, 0) is 0 Å². The van der Waals surface area contributed by atoms with Crippen LogP contribution in [-0.2, 0) is 28.0 Å². The molecule has 4 heavy (non-hydrogen) atoms. The Morgan fingerprint density at radius 1 is 1.25 bits per heavy atom. The Balaban J connectivity index is 0. The summed E-state index contributed by atoms with van der Waals surface area (Å²) >= 11 is 0.604. The van der Waals surface area contributed by atoms with Crippen LogP contribution in [0.5, 0.6) is 0 Å². The summed E-state index contributed by atoms with van der Waals surface area (Å²) < 4.78 is 0. The van der Waals surface area contributed by atoms with Crippen molar-refractivity contribution in [2.75, 3.05) is 0 Å². The third-order valence-corrected chi connectivity index (χ3v) is 0. The first kappa shape index (κ1) is 9.06. The first-order chi connectivity index (χ1) is 1.41. The molecular formula is CoNiS2. The maximum atomic E-state index is 4.18. The molecule has 0 N–H and O–H groups in total. The molecule has 0 unspecified atom stereocenters. The van der Waals surface area contributed by atoms with Gasteiger partial charge < -0.3 is 0 Å². The molecule has 0 atom stereocenters. The van der Waals surface area contributed by atoms with E-state index in [1.165, 1.54) is 0 Å². The molecule has 0 aromatic rings. The molecule has 0 aliphatic rings. The zero-order valence-corrected chi connectivity index (χ0v) is 5.13. The van der Waals surface area contributed by atoms with Gasteiger partial charge in [0, 0.05) is 16.5 Å². The van der Waals surface area contributed by atoms with Crippen LogP contribution in [0.15, 0.2) is 0 Å². The molecule has 0 saturated heterocycles. The van der Waals surface area contributed by atoms with Crippen LogP contribution in [0.25, 0.3) is 0 Å². The summed E-state index contributed by atoms with van der Waals surface area (Å²) in [6, 6.07) is 0. The van der Waals surface area contributed by atoms with Crippen LogP contribution in [0.3, 0.4) is 0 Å². The second kappa shape index (κ2) is 8.83. The van der Waals surface area contributed by atoms with E-state index in [4.69, 9.17) is 0 Å². The maximum absolute atomic E-state index is 4.18. The summed E-state index contributed by atoms with van der Waals surface area (Å²) in [6.07, 6.45) is 0. The summed E-state index contributed by atoms with van der Waals surface area (Å²) in [4.78, 5) is 0. The average molecular weight is 182 g/mol. The molecular weight excluding hydrogens is 182 g/mol. The fraction of sp³-hybridized carbons (Fsp3) is 0. The van der Waals surface area contributed by atoms with Gasteiger partial charge >= 0.3 is 32.7 Å². The SMILES string of the molecule is [Ni].[S]=[Co]=[S]. The van der Waals surface area contributed by atoms with Gasteiger partial charge in [-0.25, -0.2) is 0 Å². The Bertz CT molecular complexity index is 27.0. The fourth-order valence-electron chi connectivity index (χ4n) is 0. The molecule has 0 fully saturated rings. The molecule has 0 aliphatic carbocycles. The Hall–Kier alpha value is 1.44. The summed E-state index contributed by atoms with van der Waals surface area (Å²) in [5.41, 5.74) is 0. The Morgan fingerprint density at radius 2 is 1.25 bits per heavy atom. The zero-order valence-electron chi connectivity index (χ0n) is 1.47. The summed E-state index contributed by atoms with van der Waals surface area (Å²) in [7, 11) is 8.35. The van der Waals surface area contributed by atoms with E-state index in [1.54, 1.807) is 0 Å². The summed E-state index contributed by atoms with van der Waals surface area (Å²) in [6.45, 7) is 0. The van der Waals surface area contributed by atoms with Crippen LogP contribution in [0.2, 0.25) is 0 Å². The molecule has 0 spiro atoms. The van der Waals surface area contributed by atoms with E-state index in [1.807, 2.05) is 0 Å². The van der Waals surface area contributed by atoms with E-state index in [0.29, 0.717) is 11.5 Å². The van der Waals surface area contributed by atoms with Crippen LogP contribution in [0.4, 0.5) is 0 Å². The van der Waals surface area contributed by atoms with Gasteiger partial charge in [-0.2, -0.15) is 0 Å². The third kappa shape index (κ3) is 9.88. The van der Waals surface area contributed by atoms with Crippen molar-refractivity contribution < 1.29 is 28.0 Å². The van der Waals surface area contributed by atoms with Gasteiger partial charge in [-0.3, -0.25) is 0 Å². The number of rotatable bonds is 0. The standard InChI is InChI=1S/Co.Ni.2S. The van der Waals surface area contributed by atoms with Gasteiger partial charge in [0.25, 0.3) is 0 Å². The van der Waals surface area contributed by atoms with E-state index >= 15 is 0 Å². The van der Waals surface area contributed by atoms with Crippen molar-refractivity contribution in [3.8, 4) is 0 Å². The van der Waals surface area contributed by atoms with Crippen molar-refractivity contribution in [1.29, 1.82) is 0 Å². The average Bonchev–Trinajstić information content (AvgIpc) is 0.918. The summed E-state index contributed by atoms with van der Waals surface area (Å²) in [5.74, 6) is 0. The van der Waals surface area contributed by atoms with Crippen LogP contribution in [-0.4, -0.2) is 0 Å². The Kier molecular flexibility index (Phi) is 20.0. The Labute approximate surface area is 49.0 Å². The van der Waals surface area contributed by atoms with Crippen molar-refractivity contribution in [2.45, 2.75) is 0 Å². The fourth-order valence-corrected chi connectivity index (χ4v) is 0. The first-order valence-corrected chi connectivity index (χ1v) is 3.37. The van der Waals surface area contributed by atoms with Crippen LogP contribution in [0, 0.1) is 0 Å². The van der Waals surface area contributed by atoms with Crippen molar-refractivity contribution in [3.63, 3.8) is 0 Å². The number of hydrogen-bond donors (Lipinski definition) is 0. The molecule has 4 heteroatoms. The van der Waals surface area contributed by atoms with Crippen LogP contribution >= 0.6 is 21.2 Å². The van der Waals surface area contributed by atoms with Gasteiger partial charge in [-0.15, -0.1) is 0 Å². The van der Waals surface area contributed by atoms with Crippen LogP contribution < -0.4 is 0 Å². The van der Waals surface area contributed by atoms with E-state index in [2.05, 4.69) is 21.2 Å². The molecule has 0 aromatic carbocycles. The van der Waals surface area contributed by atoms with Crippen molar-refractivity contribution in [3.05, 3.63) is 0 Å². The molecule has 0 aromatic heterocycles. The first-order valence-electron chi connectivity index (χ1n) is 0.272. The predicted octanol–water partition coefficient (Wildman–Crippen LogP) is 1.29. The molecule has 31 valence electrons. The minimum atomic E-state index is 0. The van der Waals surface area contributed by atoms with Gasteiger partial charge in [-0.1, -0.05) is 0 Å². The van der Waals surface area contributed by atoms with Crippen molar-refractivity contribution in [1.82, 2.24) is 0 Å². The molecule has 0 rings (SSSR count). The van der Waals surface area contributed by atoms with E-state index < -0.39 is 0 Å². The molecule has 0 nitrogen and oxygen atoms in total. The van der Waals surface area contributed by atoms with E-state index in [-0.39, 0.29) is 16.5 Å². The van der Waals surface area contributed by atoms with E-state index in [9.17, 15) is 0 Å². The molecule has 0 saturated carbocycles. The molecule has 0 bridgehead atoms. The summed E-state index contributed by atoms with van der Waals surface area (Å²) in [5, 5.41) is 0. The quantitative estimate of drug-likeness (QED) is 0.517. The molecule has 0 heterocycles. The van der Waals surface area contributed by atoms with Crippen molar-refractivity contribution in [2.24, 2.45) is 0 Å². The molecule has 0 aliphatic heterocycles. The zero-order chi connectivity index (χ0) is 2.71. The normalized spacial score (nSPS) is 4.00. The Morgan fingerprint density at radius 3 is 1.25 bits per heavy atom. The second-order valence-electron chi connectivity index (χ2n) is 0.0556. The van der Waals surface area contributed by atoms with Gasteiger partial charge in [0.1, 0.15) is 0 Å². The molecule has 0 amide bonds.